The third kappa shape index (κ3) is 3.75. The predicted octanol–water partition coefficient (Wildman–Crippen LogP) is 1.08. The highest BCUT2D eigenvalue weighted by Crippen LogP contribution is 2.21. The number of amides is 1. The van der Waals surface area contributed by atoms with Crippen molar-refractivity contribution in [3.8, 4) is 0 Å². The van der Waals surface area contributed by atoms with Crippen LogP contribution < -0.4 is 9.94 Å². The van der Waals surface area contributed by atoms with Gasteiger partial charge in [0.1, 0.15) is 19.5 Å². The van der Waals surface area contributed by atoms with Crippen molar-refractivity contribution in [2.24, 2.45) is 10.1 Å². The zero-order valence-corrected chi connectivity index (χ0v) is 15.1. The number of nitrogens with zero attached hydrogens (tertiary/aromatic N) is 2. The number of hydrogen-bond acceptors (Lipinski definition) is 6. The number of aryl methyl sites for hydroxylation is 1. The topological polar surface area (TPSA) is 113 Å². The standard InChI is InChI=1S/C15H17N3O5S2/c1-2-5-18-11-4-3-10(25(16,20)21)8-13(11)24-15(18)17-14(19)12-9-22-6-7-23-12/h3-4,8-9H,2,5-7H2,1H3,(H2,16,20,21). The highest BCUT2D eigenvalue weighted by Gasteiger charge is 2.16. The van der Waals surface area contributed by atoms with Crippen LogP contribution in [0.5, 0.6) is 0 Å². The number of carbonyl (C=O) groups is 1. The summed E-state index contributed by atoms with van der Waals surface area (Å²) in [6, 6.07) is 4.61. The van der Waals surface area contributed by atoms with Gasteiger partial charge in [-0.2, -0.15) is 4.99 Å². The Balaban J connectivity index is 2.13. The summed E-state index contributed by atoms with van der Waals surface area (Å²) in [5, 5.41) is 5.18. The number of rotatable bonds is 4. The Morgan fingerprint density at radius 2 is 2.20 bits per heavy atom. The van der Waals surface area contributed by atoms with E-state index in [1.165, 1.54) is 29.7 Å². The van der Waals surface area contributed by atoms with Crippen molar-refractivity contribution in [1.82, 2.24) is 4.57 Å². The molecule has 10 heteroatoms. The van der Waals surface area contributed by atoms with E-state index < -0.39 is 15.9 Å². The van der Waals surface area contributed by atoms with Gasteiger partial charge in [-0.05, 0) is 24.6 Å². The van der Waals surface area contributed by atoms with E-state index in [9.17, 15) is 13.2 Å². The number of ether oxygens (including phenoxy) is 2. The zero-order chi connectivity index (χ0) is 18.0. The molecule has 0 fully saturated rings. The number of thiazole rings is 1. The van der Waals surface area contributed by atoms with Crippen molar-refractivity contribution >= 4 is 37.5 Å². The molecule has 2 aromatic rings. The second-order valence-corrected chi connectivity index (χ2v) is 7.90. The molecule has 0 saturated carbocycles. The molecule has 134 valence electrons. The lowest BCUT2D eigenvalue weighted by molar-refractivity contribution is -0.119. The van der Waals surface area contributed by atoms with Gasteiger partial charge in [-0.25, -0.2) is 13.6 Å². The Bertz CT molecular complexity index is 1020. The summed E-state index contributed by atoms with van der Waals surface area (Å²) in [6.07, 6.45) is 2.08. The van der Waals surface area contributed by atoms with Gasteiger partial charge in [0.05, 0.1) is 15.1 Å². The Labute approximate surface area is 148 Å². The fourth-order valence-corrected chi connectivity index (χ4v) is 4.09. The molecule has 0 saturated heterocycles. The fourth-order valence-electron chi connectivity index (χ4n) is 2.38. The highest BCUT2D eigenvalue weighted by atomic mass is 32.2. The first-order chi connectivity index (χ1) is 11.9. The van der Waals surface area contributed by atoms with Gasteiger partial charge in [-0.1, -0.05) is 18.3 Å². The summed E-state index contributed by atoms with van der Waals surface area (Å²) in [5.74, 6) is -0.486. The maximum atomic E-state index is 12.3. The number of fused-ring (bicyclic) bond motifs is 1. The molecule has 1 aromatic carbocycles. The molecule has 0 unspecified atom stereocenters. The van der Waals surface area contributed by atoms with E-state index in [0.29, 0.717) is 29.3 Å². The first-order valence-corrected chi connectivity index (χ1v) is 9.96. The van der Waals surface area contributed by atoms with Crippen molar-refractivity contribution < 1.29 is 22.7 Å². The summed E-state index contributed by atoms with van der Waals surface area (Å²) in [5.41, 5.74) is 0.792. The lowest BCUT2D eigenvalue weighted by atomic mass is 10.3. The molecular formula is C15H17N3O5S2. The minimum Gasteiger partial charge on any atom is -0.494 e. The zero-order valence-electron chi connectivity index (χ0n) is 13.5. The van der Waals surface area contributed by atoms with Crippen LogP contribution in [0, 0.1) is 0 Å². The van der Waals surface area contributed by atoms with Crippen molar-refractivity contribution in [1.29, 1.82) is 0 Å². The number of carbonyl (C=O) groups excluding carboxylic acids is 1. The molecule has 2 N–H and O–H groups in total. The van der Waals surface area contributed by atoms with Crippen molar-refractivity contribution in [2.75, 3.05) is 13.2 Å². The Morgan fingerprint density at radius 1 is 1.40 bits per heavy atom. The number of primary sulfonamides is 1. The summed E-state index contributed by atoms with van der Waals surface area (Å²) in [4.78, 5) is 16.9. The first-order valence-electron chi connectivity index (χ1n) is 7.60. The molecule has 1 amide bonds. The van der Waals surface area contributed by atoms with E-state index in [-0.39, 0.29) is 10.7 Å². The Hall–Kier alpha value is -2.17. The third-order valence-corrected chi connectivity index (χ3v) is 5.44. The number of benzene rings is 1. The normalized spacial score (nSPS) is 15.6. The van der Waals surface area contributed by atoms with Gasteiger partial charge in [0.15, 0.2) is 4.80 Å². The first kappa shape index (κ1) is 17.6. The maximum Gasteiger partial charge on any atom is 0.317 e. The fraction of sp³-hybridized carbons (Fsp3) is 0.333. The number of hydrogen-bond donors (Lipinski definition) is 1. The second-order valence-electron chi connectivity index (χ2n) is 5.33. The van der Waals surface area contributed by atoms with Gasteiger partial charge in [0.25, 0.3) is 0 Å². The third-order valence-electron chi connectivity index (χ3n) is 3.49. The van der Waals surface area contributed by atoms with Gasteiger partial charge in [-0.3, -0.25) is 4.79 Å². The van der Waals surface area contributed by atoms with Crippen LogP contribution in [0.15, 0.2) is 40.1 Å². The van der Waals surface area contributed by atoms with Crippen LogP contribution in [-0.2, 0) is 30.8 Å². The van der Waals surface area contributed by atoms with Gasteiger partial charge in [0.2, 0.25) is 15.8 Å². The Morgan fingerprint density at radius 3 is 2.84 bits per heavy atom. The van der Waals surface area contributed by atoms with Crippen molar-refractivity contribution in [2.45, 2.75) is 24.8 Å². The van der Waals surface area contributed by atoms with Crippen molar-refractivity contribution in [3.63, 3.8) is 0 Å². The quantitative estimate of drug-likeness (QED) is 0.849. The molecule has 0 atom stereocenters. The second kappa shape index (κ2) is 6.98. The number of aromatic nitrogens is 1. The van der Waals surface area contributed by atoms with Crippen LogP contribution in [0.1, 0.15) is 13.3 Å². The highest BCUT2D eigenvalue weighted by molar-refractivity contribution is 7.89. The average Bonchev–Trinajstić information content (AvgIpc) is 2.92. The molecule has 1 aliphatic heterocycles. The average molecular weight is 383 g/mol. The summed E-state index contributed by atoms with van der Waals surface area (Å²) in [7, 11) is -3.80. The molecule has 1 aromatic heterocycles. The van der Waals surface area contributed by atoms with Crippen LogP contribution >= 0.6 is 11.3 Å². The predicted molar refractivity (Wildman–Crippen MR) is 92.0 cm³/mol. The van der Waals surface area contributed by atoms with Crippen LogP contribution in [0.4, 0.5) is 0 Å². The molecule has 0 aliphatic carbocycles. The molecule has 0 bridgehead atoms. The van der Waals surface area contributed by atoms with E-state index in [1.54, 1.807) is 6.07 Å². The van der Waals surface area contributed by atoms with Crippen LogP contribution in [-0.4, -0.2) is 32.1 Å². The van der Waals surface area contributed by atoms with Gasteiger partial charge in [-0.15, -0.1) is 0 Å². The largest absolute Gasteiger partial charge is 0.494 e. The minimum atomic E-state index is -3.80. The van der Waals surface area contributed by atoms with E-state index >= 15 is 0 Å². The molecule has 0 spiro atoms. The monoisotopic (exact) mass is 383 g/mol. The smallest absolute Gasteiger partial charge is 0.317 e. The van der Waals surface area contributed by atoms with Crippen LogP contribution in [0.25, 0.3) is 10.2 Å². The van der Waals surface area contributed by atoms with Gasteiger partial charge < -0.3 is 14.0 Å². The summed E-state index contributed by atoms with van der Waals surface area (Å²) < 4.78 is 35.9. The van der Waals surface area contributed by atoms with E-state index in [2.05, 4.69) is 4.99 Å². The molecule has 25 heavy (non-hydrogen) atoms. The van der Waals surface area contributed by atoms with Gasteiger partial charge >= 0.3 is 5.91 Å². The minimum absolute atomic E-state index is 0.0227. The lowest BCUT2D eigenvalue weighted by Gasteiger charge is -2.12. The van der Waals surface area contributed by atoms with Gasteiger partial charge in [0, 0.05) is 6.54 Å². The summed E-state index contributed by atoms with van der Waals surface area (Å²) >= 11 is 1.22. The van der Waals surface area contributed by atoms with E-state index in [0.717, 1.165) is 11.9 Å². The molecule has 2 heterocycles. The molecular weight excluding hydrogens is 366 g/mol. The van der Waals surface area contributed by atoms with Crippen molar-refractivity contribution in [3.05, 3.63) is 35.0 Å². The number of nitrogens with two attached hydrogens (primary N) is 1. The molecule has 8 nitrogen and oxygen atoms in total. The Kier molecular flexibility index (Phi) is 4.93. The summed E-state index contributed by atoms with van der Waals surface area (Å²) in [6.45, 7) is 3.33. The van der Waals surface area contributed by atoms with E-state index in [4.69, 9.17) is 14.6 Å². The van der Waals surface area contributed by atoms with Crippen LogP contribution in [0.3, 0.4) is 0 Å². The van der Waals surface area contributed by atoms with E-state index in [1.807, 2.05) is 11.5 Å². The number of sulfonamides is 1. The lowest BCUT2D eigenvalue weighted by Crippen LogP contribution is -2.20. The molecule has 3 rings (SSSR count). The molecule has 0 radical (unpaired) electrons. The SMILES string of the molecule is CCCn1c(=NC(=O)C2=COCCO2)sc2cc(S(N)(=O)=O)ccc21. The maximum absolute atomic E-state index is 12.3. The van der Waals surface area contributed by atoms with Crippen LogP contribution in [0.2, 0.25) is 0 Å². The molecule has 1 aliphatic rings.